The van der Waals surface area contributed by atoms with E-state index >= 15 is 0 Å². The predicted molar refractivity (Wildman–Crippen MR) is 164 cm³/mol. The first-order chi connectivity index (χ1) is 21.2. The summed E-state index contributed by atoms with van der Waals surface area (Å²) in [5.74, 6) is 2.09. The van der Waals surface area contributed by atoms with E-state index in [2.05, 4.69) is 49.1 Å². The van der Waals surface area contributed by atoms with Crippen LogP contribution in [-0.4, -0.2) is 113 Å². The third-order valence-electron chi connectivity index (χ3n) is 10.2. The summed E-state index contributed by atoms with van der Waals surface area (Å²) in [6.45, 7) is 10.4. The normalized spacial score (nSPS) is 27.3. The van der Waals surface area contributed by atoms with E-state index in [4.69, 9.17) is 0 Å². The number of piperazine rings is 1. The standard InChI is InChI=1S/C31H41F3N8OS/c1-21-22(2-3-28-26(21)14-24(17-35)42(28)13-12-39-8-10-41(20-43)11-9-39)18-40-6-4-23(5-7-40)38-29-27-15-25(16-31(32,33)34)44-30(27)37-19-36-29/h14-15,19-23,26,28H,2-13,16,18H2,1H3,(H,36,37,38). The maximum atomic E-state index is 12.9. The molecule has 13 heteroatoms. The van der Waals surface area contributed by atoms with Gasteiger partial charge in [0.2, 0.25) is 6.41 Å². The lowest BCUT2D eigenvalue weighted by molar-refractivity contribution is -0.126. The van der Waals surface area contributed by atoms with E-state index < -0.39 is 12.6 Å². The number of thiophene rings is 1. The number of rotatable bonds is 9. The number of aromatic nitrogens is 2. The van der Waals surface area contributed by atoms with Crippen LogP contribution < -0.4 is 5.32 Å². The molecule has 0 bridgehead atoms. The average molecular weight is 631 g/mol. The van der Waals surface area contributed by atoms with Gasteiger partial charge in [-0.15, -0.1) is 11.3 Å². The molecular formula is C31H41F3N8OS. The van der Waals surface area contributed by atoms with Gasteiger partial charge in [-0.25, -0.2) is 9.97 Å². The topological polar surface area (TPSA) is 91.6 Å². The van der Waals surface area contributed by atoms with Crippen LogP contribution in [0.15, 0.2) is 24.2 Å². The number of halogens is 3. The molecule has 238 valence electrons. The van der Waals surface area contributed by atoms with Crippen molar-refractivity contribution in [3.05, 3.63) is 29.0 Å². The van der Waals surface area contributed by atoms with Gasteiger partial charge in [0.1, 0.15) is 28.7 Å². The van der Waals surface area contributed by atoms with Gasteiger partial charge in [0, 0.05) is 81.8 Å². The number of likely N-dealkylation sites (tertiary alicyclic amines) is 1. The smallest absolute Gasteiger partial charge is 0.367 e. The molecule has 3 aliphatic heterocycles. The van der Waals surface area contributed by atoms with E-state index in [1.165, 1.54) is 6.33 Å². The molecule has 0 radical (unpaired) electrons. The number of anilines is 1. The summed E-state index contributed by atoms with van der Waals surface area (Å²) in [6, 6.07) is 4.66. The van der Waals surface area contributed by atoms with Crippen molar-refractivity contribution < 1.29 is 18.0 Å². The second kappa shape index (κ2) is 13.2. The van der Waals surface area contributed by atoms with Crippen molar-refractivity contribution in [2.24, 2.45) is 17.8 Å². The van der Waals surface area contributed by atoms with Gasteiger partial charge in [-0.3, -0.25) is 9.69 Å². The number of alkyl halides is 3. The van der Waals surface area contributed by atoms with Crippen molar-refractivity contribution in [3.63, 3.8) is 0 Å². The minimum Gasteiger partial charge on any atom is -0.367 e. The van der Waals surface area contributed by atoms with E-state index in [1.54, 1.807) is 6.07 Å². The second-order valence-corrected chi connectivity index (χ2v) is 14.0. The SMILES string of the molecule is CC1C(CN2CCC(Nc3ncnc4sc(CC(F)(F)F)cc34)CC2)CCC2C1C=C(C#N)N2CCN1CCN(C=O)CC1. The molecule has 2 saturated heterocycles. The Hall–Kier alpha value is -2.95. The molecule has 9 nitrogen and oxygen atoms in total. The molecule has 4 aliphatic rings. The van der Waals surface area contributed by atoms with Crippen LogP contribution in [0.2, 0.25) is 0 Å². The van der Waals surface area contributed by atoms with Crippen LogP contribution in [-0.2, 0) is 11.2 Å². The number of carbonyl (C=O) groups excluding carboxylic acids is 1. The molecule has 0 aromatic carbocycles. The van der Waals surface area contributed by atoms with Crippen LogP contribution in [0.25, 0.3) is 10.2 Å². The van der Waals surface area contributed by atoms with E-state index in [9.17, 15) is 23.2 Å². The van der Waals surface area contributed by atoms with Crippen LogP contribution in [0.5, 0.6) is 0 Å². The van der Waals surface area contributed by atoms with Gasteiger partial charge in [-0.05, 0) is 49.7 Å². The van der Waals surface area contributed by atoms with Gasteiger partial charge in [0.05, 0.1) is 11.8 Å². The van der Waals surface area contributed by atoms with Crippen molar-refractivity contribution in [2.75, 3.05) is 64.2 Å². The summed E-state index contributed by atoms with van der Waals surface area (Å²) in [5.41, 5.74) is 0.820. The molecule has 5 heterocycles. The molecule has 6 rings (SSSR count). The molecule has 0 spiro atoms. The van der Waals surface area contributed by atoms with E-state index in [-0.39, 0.29) is 10.9 Å². The van der Waals surface area contributed by atoms with Crippen LogP contribution in [0.1, 0.15) is 37.5 Å². The minimum absolute atomic E-state index is 0.217. The number of hydrogen-bond donors (Lipinski definition) is 1. The van der Waals surface area contributed by atoms with Crippen molar-refractivity contribution in [2.45, 2.75) is 57.3 Å². The molecule has 3 fully saturated rings. The van der Waals surface area contributed by atoms with Crippen molar-refractivity contribution in [1.82, 2.24) is 29.6 Å². The molecular weight excluding hydrogens is 589 g/mol. The summed E-state index contributed by atoms with van der Waals surface area (Å²) in [4.78, 5) is 29.6. The van der Waals surface area contributed by atoms with Gasteiger partial charge < -0.3 is 20.0 Å². The fraction of sp³-hybridized carbons (Fsp3) is 0.677. The third-order valence-corrected chi connectivity index (χ3v) is 11.2. The summed E-state index contributed by atoms with van der Waals surface area (Å²) >= 11 is 1.08. The Kier molecular flexibility index (Phi) is 9.31. The first-order valence-electron chi connectivity index (χ1n) is 15.8. The molecule has 1 saturated carbocycles. The summed E-state index contributed by atoms with van der Waals surface area (Å²) in [7, 11) is 0. The second-order valence-electron chi connectivity index (χ2n) is 12.8. The lowest BCUT2D eigenvalue weighted by Crippen LogP contribution is -2.50. The molecule has 2 aromatic rings. The monoisotopic (exact) mass is 630 g/mol. The lowest BCUT2D eigenvalue weighted by Gasteiger charge is -2.44. The van der Waals surface area contributed by atoms with Gasteiger partial charge in [-0.1, -0.05) is 6.92 Å². The quantitative estimate of drug-likeness (QED) is 0.413. The van der Waals surface area contributed by atoms with Crippen LogP contribution in [0.4, 0.5) is 19.0 Å². The Morgan fingerprint density at radius 1 is 1.07 bits per heavy atom. The first-order valence-corrected chi connectivity index (χ1v) is 16.6. The molecule has 2 aromatic heterocycles. The number of hydrogen-bond acceptors (Lipinski definition) is 9. The number of amides is 1. The van der Waals surface area contributed by atoms with Gasteiger partial charge in [0.25, 0.3) is 0 Å². The molecule has 1 amide bonds. The zero-order chi connectivity index (χ0) is 30.8. The number of nitriles is 1. The average Bonchev–Trinajstić information content (AvgIpc) is 3.59. The van der Waals surface area contributed by atoms with Crippen LogP contribution >= 0.6 is 11.3 Å². The lowest BCUT2D eigenvalue weighted by atomic mass is 9.70. The number of allylic oxidation sites excluding steroid dienone is 1. The summed E-state index contributed by atoms with van der Waals surface area (Å²) in [5, 5.41) is 14.1. The van der Waals surface area contributed by atoms with Crippen molar-refractivity contribution in [1.29, 1.82) is 5.26 Å². The number of nitrogens with one attached hydrogen (secondary N) is 1. The first kappa shape index (κ1) is 31.0. The molecule has 44 heavy (non-hydrogen) atoms. The molecule has 1 N–H and O–H groups in total. The largest absolute Gasteiger partial charge is 0.393 e. The van der Waals surface area contributed by atoms with Crippen LogP contribution in [0.3, 0.4) is 0 Å². The van der Waals surface area contributed by atoms with Crippen molar-refractivity contribution in [3.8, 4) is 6.07 Å². The van der Waals surface area contributed by atoms with Gasteiger partial charge >= 0.3 is 6.18 Å². The summed E-state index contributed by atoms with van der Waals surface area (Å²) < 4.78 is 38.8. The number of carbonyl (C=O) groups is 1. The van der Waals surface area contributed by atoms with E-state index in [1.807, 2.05) is 4.90 Å². The minimum atomic E-state index is -4.24. The fourth-order valence-corrected chi connectivity index (χ4v) is 8.69. The molecule has 1 aliphatic carbocycles. The maximum absolute atomic E-state index is 12.9. The fourth-order valence-electron chi connectivity index (χ4n) is 7.66. The Balaban J connectivity index is 0.991. The highest BCUT2D eigenvalue weighted by molar-refractivity contribution is 7.18. The van der Waals surface area contributed by atoms with E-state index in [0.29, 0.717) is 39.8 Å². The number of fused-ring (bicyclic) bond motifs is 2. The zero-order valence-corrected chi connectivity index (χ0v) is 26.0. The van der Waals surface area contributed by atoms with E-state index in [0.717, 1.165) is 108 Å². The Morgan fingerprint density at radius 3 is 2.55 bits per heavy atom. The molecule has 4 unspecified atom stereocenters. The third kappa shape index (κ3) is 6.97. The number of piperidine rings is 1. The maximum Gasteiger partial charge on any atom is 0.393 e. The summed E-state index contributed by atoms with van der Waals surface area (Å²) in [6.07, 6.45) is 3.55. The molecule has 4 atom stereocenters. The zero-order valence-electron chi connectivity index (χ0n) is 25.2. The van der Waals surface area contributed by atoms with Crippen LogP contribution in [0, 0.1) is 29.1 Å². The Morgan fingerprint density at radius 2 is 1.84 bits per heavy atom. The number of nitrogens with zero attached hydrogens (tertiary/aromatic N) is 7. The Bertz CT molecular complexity index is 1380. The highest BCUT2D eigenvalue weighted by Gasteiger charge is 2.44. The van der Waals surface area contributed by atoms with Gasteiger partial charge in [0.15, 0.2) is 0 Å². The van der Waals surface area contributed by atoms with Gasteiger partial charge in [-0.2, -0.15) is 18.4 Å². The predicted octanol–water partition coefficient (Wildman–Crippen LogP) is 4.20. The highest BCUT2D eigenvalue weighted by Crippen LogP contribution is 2.44. The highest BCUT2D eigenvalue weighted by atomic mass is 32.1. The van der Waals surface area contributed by atoms with Crippen molar-refractivity contribution >= 4 is 33.8 Å². The Labute approximate surface area is 260 Å².